The summed E-state index contributed by atoms with van der Waals surface area (Å²) in [5.41, 5.74) is 7.15. The first kappa shape index (κ1) is 13.3. The van der Waals surface area contributed by atoms with Crippen LogP contribution in [0.3, 0.4) is 0 Å². The third kappa shape index (κ3) is 2.46. The van der Waals surface area contributed by atoms with Crippen LogP contribution in [0, 0.1) is 11.8 Å². The Balaban J connectivity index is 1.48. The van der Waals surface area contributed by atoms with E-state index in [1.54, 1.807) is 0 Å². The van der Waals surface area contributed by atoms with Gasteiger partial charge < -0.3 is 24.9 Å². The summed E-state index contributed by atoms with van der Waals surface area (Å²) >= 11 is 0. The molecule has 3 heterocycles. The van der Waals surface area contributed by atoms with E-state index in [0.29, 0.717) is 34.4 Å². The summed E-state index contributed by atoms with van der Waals surface area (Å²) in [6.45, 7) is 0.426. The predicted molar refractivity (Wildman–Crippen MR) is 83.2 cm³/mol. The third-order valence-electron chi connectivity index (χ3n) is 3.34. The highest BCUT2D eigenvalue weighted by Gasteiger charge is 2.17. The second-order valence-electron chi connectivity index (χ2n) is 4.78. The fourth-order valence-electron chi connectivity index (χ4n) is 2.29. The lowest BCUT2D eigenvalue weighted by Gasteiger charge is -2.04. The number of hydrogen-bond donors (Lipinski definition) is 2. The maximum atomic E-state index is 5.78. The zero-order valence-electron chi connectivity index (χ0n) is 12.0. The largest absolute Gasteiger partial charge is 0.477 e. The topological polar surface area (TPSA) is 95.3 Å². The molecule has 4 rings (SSSR count). The molecule has 0 fully saturated rings. The molecule has 3 aromatic rings. The normalized spacial score (nSPS) is 12.0. The van der Waals surface area contributed by atoms with Crippen LogP contribution in [0.5, 0.6) is 17.2 Å². The maximum absolute atomic E-state index is 5.78. The number of aromatic nitrogens is 3. The lowest BCUT2D eigenvalue weighted by Crippen LogP contribution is -1.97. The highest BCUT2D eigenvalue weighted by Crippen LogP contribution is 2.40. The molecule has 0 atom stereocenters. The van der Waals surface area contributed by atoms with Crippen LogP contribution in [-0.2, 0) is 0 Å². The van der Waals surface area contributed by atoms with Gasteiger partial charge in [0.1, 0.15) is 24.4 Å². The second-order valence-corrected chi connectivity index (χ2v) is 4.78. The number of anilines is 1. The van der Waals surface area contributed by atoms with Crippen LogP contribution < -0.4 is 19.9 Å². The number of rotatable bonds is 2. The Labute approximate surface area is 131 Å². The van der Waals surface area contributed by atoms with E-state index in [0.717, 1.165) is 5.39 Å². The summed E-state index contributed by atoms with van der Waals surface area (Å²) in [7, 11) is 0. The van der Waals surface area contributed by atoms with E-state index >= 15 is 0 Å². The number of para-hydroxylation sites is 1. The van der Waals surface area contributed by atoms with Crippen molar-refractivity contribution in [3.05, 3.63) is 36.3 Å². The molecule has 114 valence electrons. The molecule has 0 unspecified atom stereocenters. The minimum Gasteiger partial charge on any atom is -0.477 e. The summed E-state index contributed by atoms with van der Waals surface area (Å²) in [5.74, 6) is 8.24. The first-order chi connectivity index (χ1) is 11.3. The summed E-state index contributed by atoms with van der Waals surface area (Å²) in [4.78, 5) is 11.1. The van der Waals surface area contributed by atoms with Gasteiger partial charge in [0.05, 0.1) is 11.1 Å². The molecule has 0 saturated carbocycles. The summed E-state index contributed by atoms with van der Waals surface area (Å²) in [5, 5.41) is 0.754. The highest BCUT2D eigenvalue weighted by atomic mass is 16.7. The van der Waals surface area contributed by atoms with Gasteiger partial charge in [0.25, 0.3) is 0 Å². The van der Waals surface area contributed by atoms with Gasteiger partial charge in [-0.05, 0) is 24.1 Å². The van der Waals surface area contributed by atoms with E-state index in [4.69, 9.17) is 19.9 Å². The zero-order valence-corrected chi connectivity index (χ0v) is 12.0. The Morgan fingerprint density at radius 2 is 2.26 bits per heavy atom. The van der Waals surface area contributed by atoms with Gasteiger partial charge in [-0.3, -0.25) is 0 Å². The van der Waals surface area contributed by atoms with Crippen LogP contribution in [-0.4, -0.2) is 28.4 Å². The van der Waals surface area contributed by atoms with E-state index in [-0.39, 0.29) is 13.4 Å². The number of nitrogens with zero attached hydrogens (tertiary/aromatic N) is 2. The average Bonchev–Trinajstić information content (AvgIpc) is 3.19. The summed E-state index contributed by atoms with van der Waals surface area (Å²) in [6.07, 6.45) is 1.41. The summed E-state index contributed by atoms with van der Waals surface area (Å²) < 4.78 is 16.3. The molecule has 7 heteroatoms. The van der Waals surface area contributed by atoms with Gasteiger partial charge in [0, 0.05) is 0 Å². The van der Waals surface area contributed by atoms with Crippen LogP contribution >= 0.6 is 0 Å². The van der Waals surface area contributed by atoms with Crippen molar-refractivity contribution in [2.24, 2.45) is 0 Å². The number of H-pyrrole nitrogens is 1. The molecule has 7 nitrogen and oxygen atoms in total. The zero-order chi connectivity index (χ0) is 15.6. The monoisotopic (exact) mass is 308 g/mol. The fourth-order valence-corrected chi connectivity index (χ4v) is 2.29. The van der Waals surface area contributed by atoms with E-state index in [1.165, 1.54) is 6.33 Å². The third-order valence-corrected chi connectivity index (χ3v) is 3.34. The van der Waals surface area contributed by atoms with E-state index in [1.807, 2.05) is 24.3 Å². The molecule has 0 radical (unpaired) electrons. The van der Waals surface area contributed by atoms with Crippen molar-refractivity contribution in [2.75, 3.05) is 19.1 Å². The lowest BCUT2D eigenvalue weighted by atomic mass is 10.3. The number of fused-ring (bicyclic) bond motifs is 2. The van der Waals surface area contributed by atoms with Crippen molar-refractivity contribution in [1.82, 2.24) is 15.0 Å². The van der Waals surface area contributed by atoms with Crippen LogP contribution in [0.1, 0.15) is 5.69 Å². The minimum absolute atomic E-state index is 0.207. The Morgan fingerprint density at radius 1 is 1.30 bits per heavy atom. The Bertz CT molecular complexity index is 939. The second kappa shape index (κ2) is 5.42. The van der Waals surface area contributed by atoms with Gasteiger partial charge in [-0.2, -0.15) is 0 Å². The number of hydrogen-bond acceptors (Lipinski definition) is 6. The molecule has 1 aliphatic heterocycles. The SMILES string of the molecule is Nc1ncnc2[nH]c(C#CCOc3cccc4c3OCO4)cc12. The average molecular weight is 308 g/mol. The maximum Gasteiger partial charge on any atom is 0.231 e. The molecular formula is C16H12N4O3. The van der Waals surface area contributed by atoms with Gasteiger partial charge in [-0.25, -0.2) is 9.97 Å². The van der Waals surface area contributed by atoms with E-state index < -0.39 is 0 Å². The number of benzene rings is 1. The molecule has 0 bridgehead atoms. The number of ether oxygens (including phenoxy) is 3. The molecule has 1 aliphatic rings. The number of aromatic amines is 1. The molecule has 0 aliphatic carbocycles. The van der Waals surface area contributed by atoms with Crippen LogP contribution in [0.2, 0.25) is 0 Å². The van der Waals surface area contributed by atoms with E-state index in [2.05, 4.69) is 26.8 Å². The van der Waals surface area contributed by atoms with Gasteiger partial charge in [-0.15, -0.1) is 0 Å². The van der Waals surface area contributed by atoms with Crippen molar-refractivity contribution >= 4 is 16.9 Å². The quantitative estimate of drug-likeness (QED) is 0.700. The molecule has 1 aromatic carbocycles. The van der Waals surface area contributed by atoms with Crippen molar-refractivity contribution in [2.45, 2.75) is 0 Å². The first-order valence-corrected chi connectivity index (χ1v) is 6.91. The van der Waals surface area contributed by atoms with Crippen molar-refractivity contribution < 1.29 is 14.2 Å². The standard InChI is InChI=1S/C16H12N4O3/c17-15-11-7-10(20-16(11)19-8-18-15)3-2-6-21-12-4-1-5-13-14(12)23-9-22-13/h1,4-5,7-8H,6,9H2,(H3,17,18,19,20). The Kier molecular flexibility index (Phi) is 3.13. The smallest absolute Gasteiger partial charge is 0.231 e. The molecule has 23 heavy (non-hydrogen) atoms. The molecule has 2 aromatic heterocycles. The van der Waals surface area contributed by atoms with Crippen molar-refractivity contribution in [3.8, 4) is 29.1 Å². The molecule has 0 spiro atoms. The van der Waals surface area contributed by atoms with Crippen molar-refractivity contribution in [3.63, 3.8) is 0 Å². The van der Waals surface area contributed by atoms with Gasteiger partial charge in [0.15, 0.2) is 11.5 Å². The molecule has 3 N–H and O–H groups in total. The molecular weight excluding hydrogens is 296 g/mol. The number of nitrogens with one attached hydrogen (secondary N) is 1. The minimum atomic E-state index is 0.207. The fraction of sp³-hybridized carbons (Fsp3) is 0.125. The van der Waals surface area contributed by atoms with Crippen LogP contribution in [0.4, 0.5) is 5.82 Å². The van der Waals surface area contributed by atoms with Gasteiger partial charge in [-0.1, -0.05) is 12.0 Å². The first-order valence-electron chi connectivity index (χ1n) is 6.91. The van der Waals surface area contributed by atoms with E-state index in [9.17, 15) is 0 Å². The molecule has 0 saturated heterocycles. The van der Waals surface area contributed by atoms with Crippen LogP contribution in [0.15, 0.2) is 30.6 Å². The van der Waals surface area contributed by atoms with Crippen LogP contribution in [0.25, 0.3) is 11.0 Å². The Morgan fingerprint density at radius 3 is 3.17 bits per heavy atom. The van der Waals surface area contributed by atoms with Gasteiger partial charge in [0.2, 0.25) is 12.5 Å². The number of nitrogens with two attached hydrogens (primary N) is 1. The summed E-state index contributed by atoms with van der Waals surface area (Å²) in [6, 6.07) is 7.30. The van der Waals surface area contributed by atoms with Gasteiger partial charge >= 0.3 is 0 Å². The highest BCUT2D eigenvalue weighted by molar-refractivity contribution is 5.87. The van der Waals surface area contributed by atoms with Crippen molar-refractivity contribution in [1.29, 1.82) is 0 Å². The predicted octanol–water partition coefficient (Wildman–Crippen LogP) is 1.70. The Hall–Kier alpha value is -3.40. The number of nitrogen functional groups attached to an aromatic ring is 1. The lowest BCUT2D eigenvalue weighted by molar-refractivity contribution is 0.170. The molecule has 0 amide bonds.